The number of hydrogen-bond donors (Lipinski definition) is 0. The standard InChI is InChI=1S/C20H44N.C10H14O/c1-5-7-8-9-10-11-12-13-14-15-16-17-18-19-20-21(3,4)6-2;1-10(2,3)8-6-4-5-7-9(8)11/h5-20H2,1-4H3;4-7,11H,1-3H3/q+1;/p-1. The van der Waals surface area contributed by atoms with Crippen molar-refractivity contribution >= 4 is 0 Å². The van der Waals surface area contributed by atoms with Crippen LogP contribution >= 0.6 is 0 Å². The molecule has 0 bridgehead atoms. The van der Waals surface area contributed by atoms with Crippen LogP contribution in [0.3, 0.4) is 0 Å². The summed E-state index contributed by atoms with van der Waals surface area (Å²) in [5.41, 5.74) is 0.859. The van der Waals surface area contributed by atoms with Crippen molar-refractivity contribution in [3.05, 3.63) is 29.8 Å². The molecule has 0 heterocycles. The van der Waals surface area contributed by atoms with Crippen LogP contribution in [0.1, 0.15) is 130 Å². The monoisotopic (exact) mass is 447 g/mol. The van der Waals surface area contributed by atoms with Gasteiger partial charge in [-0.3, -0.25) is 0 Å². The molecule has 0 aromatic heterocycles. The predicted octanol–water partition coefficient (Wildman–Crippen LogP) is 8.62. The van der Waals surface area contributed by atoms with Crippen molar-refractivity contribution in [2.24, 2.45) is 0 Å². The topological polar surface area (TPSA) is 23.1 Å². The Bertz CT molecular complexity index is 544. The highest BCUT2D eigenvalue weighted by molar-refractivity contribution is 5.35. The van der Waals surface area contributed by atoms with Crippen molar-refractivity contribution < 1.29 is 9.59 Å². The van der Waals surface area contributed by atoms with E-state index in [1.807, 2.05) is 32.9 Å². The van der Waals surface area contributed by atoms with Gasteiger partial charge in [0, 0.05) is 0 Å². The molecule has 0 unspecified atom stereocenters. The lowest BCUT2D eigenvalue weighted by molar-refractivity contribution is -0.888. The molecule has 0 spiro atoms. The molecule has 0 atom stereocenters. The molecule has 0 aliphatic heterocycles. The third-order valence-electron chi connectivity index (χ3n) is 6.67. The Hall–Kier alpha value is -1.02. The van der Waals surface area contributed by atoms with Gasteiger partial charge in [0.15, 0.2) is 0 Å². The summed E-state index contributed by atoms with van der Waals surface area (Å²) in [6.45, 7) is 13.3. The average molecular weight is 448 g/mol. The summed E-state index contributed by atoms with van der Waals surface area (Å²) in [5.74, 6) is 0.139. The zero-order chi connectivity index (χ0) is 24.3. The van der Waals surface area contributed by atoms with Crippen LogP contribution in [0.2, 0.25) is 0 Å². The van der Waals surface area contributed by atoms with Gasteiger partial charge in [0.25, 0.3) is 0 Å². The normalized spacial score (nSPS) is 11.8. The van der Waals surface area contributed by atoms with Gasteiger partial charge in [0.1, 0.15) is 0 Å². The molecule has 2 nitrogen and oxygen atoms in total. The van der Waals surface area contributed by atoms with Crippen LogP contribution in [0.4, 0.5) is 0 Å². The molecule has 0 aliphatic rings. The second-order valence-corrected chi connectivity index (χ2v) is 11.3. The van der Waals surface area contributed by atoms with E-state index in [9.17, 15) is 5.11 Å². The van der Waals surface area contributed by atoms with Crippen LogP contribution in [0, 0.1) is 0 Å². The smallest absolute Gasteiger partial charge is 0.0782 e. The molecule has 1 aromatic carbocycles. The fourth-order valence-corrected chi connectivity index (χ4v) is 3.98. The van der Waals surface area contributed by atoms with Crippen molar-refractivity contribution in [1.82, 2.24) is 0 Å². The maximum absolute atomic E-state index is 11.3. The number of rotatable bonds is 16. The van der Waals surface area contributed by atoms with Crippen LogP contribution in [0.25, 0.3) is 0 Å². The lowest BCUT2D eigenvalue weighted by Crippen LogP contribution is -2.39. The summed E-state index contributed by atoms with van der Waals surface area (Å²) in [4.78, 5) is 0. The molecule has 1 aromatic rings. The van der Waals surface area contributed by atoms with Gasteiger partial charge in [0.05, 0.1) is 27.2 Å². The zero-order valence-electron chi connectivity index (χ0n) is 23.0. The summed E-state index contributed by atoms with van der Waals surface area (Å²) in [6.07, 6.45) is 20.4. The Morgan fingerprint density at radius 2 is 1.06 bits per heavy atom. The van der Waals surface area contributed by atoms with Gasteiger partial charge >= 0.3 is 0 Å². The number of benzene rings is 1. The van der Waals surface area contributed by atoms with E-state index < -0.39 is 0 Å². The molecular weight excluding hydrogens is 390 g/mol. The van der Waals surface area contributed by atoms with Gasteiger partial charge in [-0.15, -0.1) is 5.75 Å². The number of unbranched alkanes of at least 4 members (excludes halogenated alkanes) is 13. The van der Waals surface area contributed by atoms with Crippen LogP contribution in [-0.2, 0) is 5.41 Å². The first kappa shape index (κ1) is 31.0. The van der Waals surface area contributed by atoms with Gasteiger partial charge in [-0.25, -0.2) is 0 Å². The largest absolute Gasteiger partial charge is 0.872 e. The number of nitrogens with zero attached hydrogens (tertiary/aromatic N) is 1. The molecule has 0 aliphatic carbocycles. The highest BCUT2D eigenvalue weighted by atomic mass is 16.3. The van der Waals surface area contributed by atoms with Crippen LogP contribution in [0.15, 0.2) is 24.3 Å². The first-order valence-corrected chi connectivity index (χ1v) is 13.7. The molecule has 0 saturated carbocycles. The second kappa shape index (κ2) is 18.4. The van der Waals surface area contributed by atoms with E-state index in [0.29, 0.717) is 0 Å². The van der Waals surface area contributed by atoms with Crippen LogP contribution in [0.5, 0.6) is 5.75 Å². The first-order valence-electron chi connectivity index (χ1n) is 13.7. The maximum atomic E-state index is 11.3. The van der Waals surface area contributed by atoms with E-state index in [1.54, 1.807) is 12.1 Å². The van der Waals surface area contributed by atoms with Crippen molar-refractivity contribution in [2.75, 3.05) is 27.2 Å². The Kier molecular flexibility index (Phi) is 17.8. The van der Waals surface area contributed by atoms with Crippen LogP contribution < -0.4 is 5.11 Å². The molecule has 1 rings (SSSR count). The van der Waals surface area contributed by atoms with Crippen molar-refractivity contribution in [2.45, 2.75) is 130 Å². The molecule has 0 fully saturated rings. The van der Waals surface area contributed by atoms with E-state index in [4.69, 9.17) is 0 Å². The lowest BCUT2D eigenvalue weighted by Gasteiger charge is -2.28. The molecular formula is C30H57NO. The van der Waals surface area contributed by atoms with Crippen molar-refractivity contribution in [3.8, 4) is 5.75 Å². The fourth-order valence-electron chi connectivity index (χ4n) is 3.98. The van der Waals surface area contributed by atoms with Gasteiger partial charge in [-0.1, -0.05) is 135 Å². The fraction of sp³-hybridized carbons (Fsp3) is 0.800. The molecule has 0 N–H and O–H groups in total. The third-order valence-corrected chi connectivity index (χ3v) is 6.67. The summed E-state index contributed by atoms with van der Waals surface area (Å²) < 4.78 is 1.19. The number of quaternary nitrogens is 1. The zero-order valence-corrected chi connectivity index (χ0v) is 23.0. The van der Waals surface area contributed by atoms with Crippen molar-refractivity contribution in [1.29, 1.82) is 0 Å². The minimum absolute atomic E-state index is 0.0294. The second-order valence-electron chi connectivity index (χ2n) is 11.3. The van der Waals surface area contributed by atoms with Gasteiger partial charge in [0.2, 0.25) is 0 Å². The molecule has 0 amide bonds. The minimum Gasteiger partial charge on any atom is -0.872 e. The Labute approximate surface area is 202 Å². The molecule has 2 heteroatoms. The van der Waals surface area contributed by atoms with Gasteiger partial charge in [-0.05, 0) is 25.2 Å². The van der Waals surface area contributed by atoms with Crippen molar-refractivity contribution in [3.63, 3.8) is 0 Å². The number of para-hydroxylation sites is 1. The maximum Gasteiger partial charge on any atom is 0.0782 e. The molecule has 32 heavy (non-hydrogen) atoms. The Balaban J connectivity index is 0.000000726. The van der Waals surface area contributed by atoms with E-state index in [-0.39, 0.29) is 11.2 Å². The summed E-state index contributed by atoms with van der Waals surface area (Å²) in [5, 5.41) is 11.3. The average Bonchev–Trinajstić information content (AvgIpc) is 2.74. The van der Waals surface area contributed by atoms with E-state index in [2.05, 4.69) is 27.9 Å². The minimum atomic E-state index is -0.0294. The Morgan fingerprint density at radius 1 is 0.656 bits per heavy atom. The van der Waals surface area contributed by atoms with Gasteiger partial charge < -0.3 is 9.59 Å². The number of hydrogen-bond acceptors (Lipinski definition) is 1. The quantitative estimate of drug-likeness (QED) is 0.184. The summed E-state index contributed by atoms with van der Waals surface area (Å²) in [7, 11) is 4.70. The SMILES string of the molecule is CC(C)(C)c1ccccc1[O-].CCCCCCCCCCCCCCCC[N+](C)(C)CC. The van der Waals surface area contributed by atoms with Gasteiger partial charge in [-0.2, -0.15) is 0 Å². The highest BCUT2D eigenvalue weighted by Gasteiger charge is 2.13. The summed E-state index contributed by atoms with van der Waals surface area (Å²) in [6, 6.07) is 7.18. The highest BCUT2D eigenvalue weighted by Crippen LogP contribution is 2.27. The van der Waals surface area contributed by atoms with E-state index in [0.717, 1.165) is 5.56 Å². The predicted molar refractivity (Wildman–Crippen MR) is 142 cm³/mol. The van der Waals surface area contributed by atoms with E-state index >= 15 is 0 Å². The third kappa shape index (κ3) is 17.5. The summed E-state index contributed by atoms with van der Waals surface area (Å²) >= 11 is 0. The molecule has 0 radical (unpaired) electrons. The first-order chi connectivity index (χ1) is 15.1. The van der Waals surface area contributed by atoms with Crippen LogP contribution in [-0.4, -0.2) is 31.7 Å². The molecule has 188 valence electrons. The lowest BCUT2D eigenvalue weighted by atomic mass is 9.86. The molecule has 0 saturated heterocycles. The Morgan fingerprint density at radius 3 is 1.41 bits per heavy atom. The van der Waals surface area contributed by atoms with E-state index in [1.165, 1.54) is 107 Å².